The first kappa shape index (κ1) is 15.0. The Hall–Kier alpha value is -1.95. The summed E-state index contributed by atoms with van der Waals surface area (Å²) in [4.78, 5) is 11.2. The zero-order valence-electron chi connectivity index (χ0n) is 13.5. The van der Waals surface area contributed by atoms with Gasteiger partial charge in [0.15, 0.2) is 0 Å². The Labute approximate surface area is 131 Å². The lowest BCUT2D eigenvalue weighted by Gasteiger charge is -2.18. The van der Waals surface area contributed by atoms with Crippen molar-refractivity contribution in [3.8, 4) is 5.88 Å². The summed E-state index contributed by atoms with van der Waals surface area (Å²) in [6.45, 7) is 6.97. The van der Waals surface area contributed by atoms with Gasteiger partial charge in [-0.2, -0.15) is 5.10 Å². The molecule has 3 rings (SSSR count). The summed E-state index contributed by atoms with van der Waals surface area (Å²) in [5, 5.41) is 4.24. The molecule has 118 valence electrons. The second-order valence-electron chi connectivity index (χ2n) is 6.07. The number of hydrogen-bond acceptors (Lipinski definition) is 5. The van der Waals surface area contributed by atoms with E-state index in [1.807, 2.05) is 31.8 Å². The van der Waals surface area contributed by atoms with Crippen molar-refractivity contribution < 1.29 is 4.74 Å². The maximum Gasteiger partial charge on any atom is 0.220 e. The van der Waals surface area contributed by atoms with Crippen LogP contribution >= 0.6 is 0 Å². The first-order valence-electron chi connectivity index (χ1n) is 7.81. The number of aryl methyl sites for hydroxylation is 1. The van der Waals surface area contributed by atoms with E-state index in [4.69, 9.17) is 4.74 Å². The lowest BCUT2D eigenvalue weighted by molar-refractivity contribution is 0.228. The minimum atomic E-state index is 0.133. The molecule has 3 heterocycles. The number of nitrogens with zero attached hydrogens (tertiary/aromatic N) is 5. The number of hydrogen-bond donors (Lipinski definition) is 0. The van der Waals surface area contributed by atoms with Gasteiger partial charge in [0.25, 0.3) is 0 Å². The van der Waals surface area contributed by atoms with E-state index < -0.39 is 0 Å². The maximum atomic E-state index is 5.84. The molecular weight excluding hydrogens is 278 g/mol. The Kier molecular flexibility index (Phi) is 4.38. The van der Waals surface area contributed by atoms with Crippen LogP contribution in [0, 0.1) is 0 Å². The summed E-state index contributed by atoms with van der Waals surface area (Å²) < 4.78 is 7.69. The molecule has 0 saturated carbocycles. The van der Waals surface area contributed by atoms with E-state index >= 15 is 0 Å². The zero-order valence-corrected chi connectivity index (χ0v) is 13.5. The molecule has 0 N–H and O–H groups in total. The first-order valence-corrected chi connectivity index (χ1v) is 7.81. The molecule has 0 spiro atoms. The van der Waals surface area contributed by atoms with E-state index in [9.17, 15) is 0 Å². The van der Waals surface area contributed by atoms with Crippen molar-refractivity contribution in [2.24, 2.45) is 7.05 Å². The molecule has 0 aromatic carbocycles. The van der Waals surface area contributed by atoms with Crippen molar-refractivity contribution in [2.45, 2.75) is 39.3 Å². The molecule has 0 fully saturated rings. The van der Waals surface area contributed by atoms with Crippen molar-refractivity contribution in [3.63, 3.8) is 0 Å². The summed E-state index contributed by atoms with van der Waals surface area (Å²) >= 11 is 0. The zero-order chi connectivity index (χ0) is 15.5. The van der Waals surface area contributed by atoms with Crippen LogP contribution in [0.15, 0.2) is 18.7 Å². The average Bonchev–Trinajstić information content (AvgIpc) is 2.76. The molecule has 0 atom stereocenters. The van der Waals surface area contributed by atoms with Gasteiger partial charge < -0.3 is 4.74 Å². The monoisotopic (exact) mass is 301 g/mol. The van der Waals surface area contributed by atoms with Crippen molar-refractivity contribution in [1.29, 1.82) is 0 Å². The fourth-order valence-electron chi connectivity index (χ4n) is 2.84. The summed E-state index contributed by atoms with van der Waals surface area (Å²) in [6.07, 6.45) is 7.63. The van der Waals surface area contributed by atoms with Crippen LogP contribution in [0.25, 0.3) is 0 Å². The second kappa shape index (κ2) is 6.44. The highest BCUT2D eigenvalue weighted by Crippen LogP contribution is 2.23. The predicted octanol–water partition coefficient (Wildman–Crippen LogP) is 1.60. The molecule has 6 nitrogen and oxygen atoms in total. The van der Waals surface area contributed by atoms with Gasteiger partial charge in [-0.05, 0) is 20.3 Å². The van der Waals surface area contributed by atoms with Gasteiger partial charge in [-0.15, -0.1) is 0 Å². The third-order valence-corrected chi connectivity index (χ3v) is 3.85. The number of fused-ring (bicyclic) bond motifs is 1. The Balaban J connectivity index is 1.72. The fourth-order valence-corrected chi connectivity index (χ4v) is 2.84. The van der Waals surface area contributed by atoms with Crippen molar-refractivity contribution in [3.05, 3.63) is 35.5 Å². The maximum absolute atomic E-state index is 5.84. The molecular formula is C16H23N5O. The van der Waals surface area contributed by atoms with Crippen molar-refractivity contribution in [1.82, 2.24) is 24.6 Å². The van der Waals surface area contributed by atoms with E-state index in [2.05, 4.69) is 26.2 Å². The molecule has 2 aromatic heterocycles. The number of rotatable bonds is 4. The van der Waals surface area contributed by atoms with E-state index in [1.165, 1.54) is 11.1 Å². The molecule has 0 bridgehead atoms. The molecule has 1 aliphatic rings. The molecule has 2 aromatic rings. The third-order valence-electron chi connectivity index (χ3n) is 3.85. The standard InChI is InChI=1S/C16H23N5O/c1-12(2)22-16-14-4-6-21(7-5-15(14)17-11-18-16)10-13-8-19-20(3)9-13/h8-9,11-12H,4-7,10H2,1-3H3. The Morgan fingerprint density at radius 1 is 1.23 bits per heavy atom. The fraction of sp³-hybridized carbons (Fsp3) is 0.562. The van der Waals surface area contributed by atoms with Gasteiger partial charge in [0.1, 0.15) is 6.33 Å². The number of aromatic nitrogens is 4. The van der Waals surface area contributed by atoms with Crippen molar-refractivity contribution >= 4 is 0 Å². The minimum absolute atomic E-state index is 0.133. The van der Waals surface area contributed by atoms with Crippen LogP contribution < -0.4 is 4.74 Å². The predicted molar refractivity (Wildman–Crippen MR) is 83.7 cm³/mol. The lowest BCUT2D eigenvalue weighted by Crippen LogP contribution is -2.25. The van der Waals surface area contributed by atoms with Crippen LogP contribution in [-0.2, 0) is 26.4 Å². The largest absolute Gasteiger partial charge is 0.475 e. The Morgan fingerprint density at radius 2 is 2.05 bits per heavy atom. The number of ether oxygens (including phenoxy) is 1. The van der Waals surface area contributed by atoms with E-state index in [0.717, 1.165) is 44.0 Å². The smallest absolute Gasteiger partial charge is 0.220 e. The van der Waals surface area contributed by atoms with Gasteiger partial charge in [-0.25, -0.2) is 9.97 Å². The van der Waals surface area contributed by atoms with Crippen LogP contribution in [0.5, 0.6) is 5.88 Å². The van der Waals surface area contributed by atoms with Crippen LogP contribution in [0.3, 0.4) is 0 Å². The molecule has 0 unspecified atom stereocenters. The Bertz CT molecular complexity index is 637. The molecule has 0 aliphatic carbocycles. The van der Waals surface area contributed by atoms with Gasteiger partial charge in [0.2, 0.25) is 5.88 Å². The first-order chi connectivity index (χ1) is 10.6. The highest BCUT2D eigenvalue weighted by Gasteiger charge is 2.20. The molecule has 6 heteroatoms. The SMILES string of the molecule is CC(C)Oc1ncnc2c1CCN(Cc1cnn(C)c1)CC2. The third kappa shape index (κ3) is 3.44. The summed E-state index contributed by atoms with van der Waals surface area (Å²) in [7, 11) is 1.95. The minimum Gasteiger partial charge on any atom is -0.475 e. The molecule has 1 aliphatic heterocycles. The quantitative estimate of drug-likeness (QED) is 0.858. The lowest BCUT2D eigenvalue weighted by atomic mass is 10.1. The molecule has 0 radical (unpaired) electrons. The topological polar surface area (TPSA) is 56.1 Å². The summed E-state index contributed by atoms with van der Waals surface area (Å²) in [6, 6.07) is 0. The molecule has 0 saturated heterocycles. The van der Waals surface area contributed by atoms with Gasteiger partial charge in [0.05, 0.1) is 18.0 Å². The molecule has 0 amide bonds. The Morgan fingerprint density at radius 3 is 2.77 bits per heavy atom. The second-order valence-corrected chi connectivity index (χ2v) is 6.07. The van der Waals surface area contributed by atoms with Crippen LogP contribution in [0.2, 0.25) is 0 Å². The summed E-state index contributed by atoms with van der Waals surface area (Å²) in [5.41, 5.74) is 3.54. The van der Waals surface area contributed by atoms with Gasteiger partial charge in [0, 0.05) is 50.4 Å². The van der Waals surface area contributed by atoms with E-state index in [-0.39, 0.29) is 6.10 Å². The summed E-state index contributed by atoms with van der Waals surface area (Å²) in [5.74, 6) is 0.753. The van der Waals surface area contributed by atoms with E-state index in [1.54, 1.807) is 6.33 Å². The van der Waals surface area contributed by atoms with Gasteiger partial charge in [-0.1, -0.05) is 0 Å². The highest BCUT2D eigenvalue weighted by molar-refractivity contribution is 5.31. The van der Waals surface area contributed by atoms with Crippen LogP contribution in [0.4, 0.5) is 0 Å². The van der Waals surface area contributed by atoms with E-state index in [0.29, 0.717) is 0 Å². The normalized spacial score (nSPS) is 15.6. The van der Waals surface area contributed by atoms with Gasteiger partial charge >= 0.3 is 0 Å². The van der Waals surface area contributed by atoms with Gasteiger partial charge in [-0.3, -0.25) is 9.58 Å². The average molecular weight is 301 g/mol. The molecule has 22 heavy (non-hydrogen) atoms. The highest BCUT2D eigenvalue weighted by atomic mass is 16.5. The van der Waals surface area contributed by atoms with Crippen molar-refractivity contribution in [2.75, 3.05) is 13.1 Å². The van der Waals surface area contributed by atoms with Crippen LogP contribution in [0.1, 0.15) is 30.7 Å². The van der Waals surface area contributed by atoms with Crippen LogP contribution in [-0.4, -0.2) is 43.8 Å².